The number of hydrogen-bond donors (Lipinski definition) is 6. The first kappa shape index (κ1) is 29.9. The van der Waals surface area contributed by atoms with E-state index in [1.165, 1.54) is 0 Å². The molecule has 13 nitrogen and oxygen atoms in total. The average Bonchev–Trinajstić information content (AvgIpc) is 3.16. The summed E-state index contributed by atoms with van der Waals surface area (Å²) in [5, 5.41) is 61.2. The number of cyclic esters (lactones) is 1. The molecule has 1 aliphatic carbocycles. The van der Waals surface area contributed by atoms with Crippen molar-refractivity contribution in [2.45, 2.75) is 82.3 Å². The molecule has 3 heterocycles. The highest BCUT2D eigenvalue weighted by Crippen LogP contribution is 2.47. The van der Waals surface area contributed by atoms with Crippen molar-refractivity contribution < 1.29 is 63.9 Å². The summed E-state index contributed by atoms with van der Waals surface area (Å²) in [5.41, 5.74) is -1.19. The molecule has 0 spiro atoms. The number of aliphatic hydroxyl groups excluding tert-OH is 5. The normalized spacial score (nSPS) is 44.8. The molecule has 1 saturated carbocycles. The number of ether oxygens (including phenoxy) is 5. The fourth-order valence-corrected chi connectivity index (χ4v) is 5.99. The molecule has 12 atom stereocenters. The summed E-state index contributed by atoms with van der Waals surface area (Å²) in [7, 11) is 0. The molecule has 4 aliphatic rings. The van der Waals surface area contributed by atoms with E-state index in [1.807, 2.05) is 0 Å². The fourth-order valence-electron chi connectivity index (χ4n) is 5.99. The molecule has 4 rings (SSSR count). The Labute approximate surface area is 225 Å². The van der Waals surface area contributed by atoms with Gasteiger partial charge in [-0.05, 0) is 25.2 Å². The molecule has 0 radical (unpaired) electrons. The van der Waals surface area contributed by atoms with Crippen molar-refractivity contribution in [1.82, 2.24) is 0 Å². The maximum absolute atomic E-state index is 13.4. The third-order valence-electron chi connectivity index (χ3n) is 8.59. The van der Waals surface area contributed by atoms with Crippen molar-refractivity contribution in [1.29, 1.82) is 0 Å². The highest BCUT2D eigenvalue weighted by Gasteiger charge is 2.57. The fraction of sp³-hybridized carbons (Fsp3) is 0.769. The summed E-state index contributed by atoms with van der Waals surface area (Å²) in [6.45, 7) is 3.91. The Morgan fingerprint density at radius 1 is 1.18 bits per heavy atom. The van der Waals surface area contributed by atoms with Crippen LogP contribution in [0.5, 0.6) is 0 Å². The Balaban J connectivity index is 1.60. The van der Waals surface area contributed by atoms with Crippen molar-refractivity contribution in [3.63, 3.8) is 0 Å². The van der Waals surface area contributed by atoms with Crippen molar-refractivity contribution in [3.05, 3.63) is 23.5 Å². The van der Waals surface area contributed by atoms with Gasteiger partial charge in [-0.2, -0.15) is 0 Å². The van der Waals surface area contributed by atoms with Gasteiger partial charge in [0.2, 0.25) is 6.29 Å². The summed E-state index contributed by atoms with van der Waals surface area (Å²) < 4.78 is 28.1. The van der Waals surface area contributed by atoms with Gasteiger partial charge in [-0.1, -0.05) is 19.9 Å². The number of aliphatic hydroxyl groups is 6. The van der Waals surface area contributed by atoms with Gasteiger partial charge >= 0.3 is 11.9 Å². The maximum atomic E-state index is 13.4. The Bertz CT molecular complexity index is 979. The number of carbonyl (C=O) groups excluding carboxylic acids is 2. The van der Waals surface area contributed by atoms with E-state index in [4.69, 9.17) is 23.7 Å². The van der Waals surface area contributed by atoms with Gasteiger partial charge < -0.3 is 54.3 Å². The molecule has 0 aromatic heterocycles. The second-order valence-electron chi connectivity index (χ2n) is 10.8. The second-order valence-corrected chi connectivity index (χ2v) is 10.8. The van der Waals surface area contributed by atoms with Crippen LogP contribution in [0.25, 0.3) is 0 Å². The maximum Gasteiger partial charge on any atom is 0.338 e. The summed E-state index contributed by atoms with van der Waals surface area (Å²) in [4.78, 5) is 26.4. The Morgan fingerprint density at radius 3 is 2.54 bits per heavy atom. The van der Waals surface area contributed by atoms with Crippen LogP contribution in [0.4, 0.5) is 0 Å². The van der Waals surface area contributed by atoms with E-state index < -0.39 is 85.0 Å². The number of hydrogen-bond acceptors (Lipinski definition) is 13. The van der Waals surface area contributed by atoms with Crippen LogP contribution in [-0.4, -0.2) is 111 Å². The van der Waals surface area contributed by atoms with E-state index in [2.05, 4.69) is 0 Å². The predicted octanol–water partition coefficient (Wildman–Crippen LogP) is -1.52. The molecule has 6 N–H and O–H groups in total. The van der Waals surface area contributed by atoms with Gasteiger partial charge in [0.15, 0.2) is 6.29 Å². The highest BCUT2D eigenvalue weighted by atomic mass is 16.8. The van der Waals surface area contributed by atoms with Gasteiger partial charge in [0, 0.05) is 24.0 Å². The first-order valence-corrected chi connectivity index (χ1v) is 13.1. The van der Waals surface area contributed by atoms with Crippen LogP contribution in [0.3, 0.4) is 0 Å². The number of fused-ring (bicyclic) bond motifs is 3. The quantitative estimate of drug-likeness (QED) is 0.168. The molecular weight excluding hydrogens is 520 g/mol. The zero-order chi connectivity index (χ0) is 28.6. The van der Waals surface area contributed by atoms with Gasteiger partial charge in [0.1, 0.15) is 42.7 Å². The minimum atomic E-state index is -1.69. The smallest absolute Gasteiger partial charge is 0.338 e. The van der Waals surface area contributed by atoms with Crippen LogP contribution in [0.2, 0.25) is 0 Å². The molecule has 3 aliphatic heterocycles. The second kappa shape index (κ2) is 11.8. The molecule has 12 unspecified atom stereocenters. The lowest BCUT2D eigenvalue weighted by molar-refractivity contribution is -0.327. The lowest BCUT2D eigenvalue weighted by Gasteiger charge is -2.42. The molecule has 2 saturated heterocycles. The van der Waals surface area contributed by atoms with Gasteiger partial charge in [0.25, 0.3) is 0 Å². The lowest BCUT2D eigenvalue weighted by Crippen LogP contribution is -2.60. The molecule has 0 aromatic carbocycles. The van der Waals surface area contributed by atoms with Gasteiger partial charge in [0.05, 0.1) is 24.9 Å². The van der Waals surface area contributed by atoms with E-state index in [0.717, 1.165) is 6.26 Å². The van der Waals surface area contributed by atoms with Gasteiger partial charge in [-0.3, -0.25) is 4.79 Å². The molecule has 3 fully saturated rings. The molecule has 220 valence electrons. The number of carbonyl (C=O) groups is 2. The summed E-state index contributed by atoms with van der Waals surface area (Å²) in [6.07, 6.45) is -7.06. The van der Waals surface area contributed by atoms with E-state index in [1.54, 1.807) is 26.8 Å². The van der Waals surface area contributed by atoms with Crippen LogP contribution >= 0.6 is 0 Å². The monoisotopic (exact) mass is 558 g/mol. The first-order valence-electron chi connectivity index (χ1n) is 13.1. The third kappa shape index (κ3) is 5.46. The standard InChI is InChI=1S/C26H38O13/c1-4-13-14-5-19(29)36-10-26(34)12(3)17(6-16(26)11(2)7-27)37-23(33)15(14)9-35-24(13)39-25-22(32)21(31)20(30)18(8-28)38-25/h4,9,11-12,14,16-18,20-22,24-25,27-28,30-32,34H,5-8,10H2,1-3H3. The molecule has 2 bridgehead atoms. The molecule has 13 heteroatoms. The minimum absolute atomic E-state index is 0.0185. The van der Waals surface area contributed by atoms with Crippen LogP contribution in [-0.2, 0) is 33.3 Å². The van der Waals surface area contributed by atoms with E-state index in [0.29, 0.717) is 5.57 Å². The van der Waals surface area contributed by atoms with Crippen molar-refractivity contribution in [2.24, 2.45) is 23.7 Å². The van der Waals surface area contributed by atoms with Crippen LogP contribution in [0.1, 0.15) is 33.6 Å². The Hall–Kier alpha value is -2.10. The van der Waals surface area contributed by atoms with Crippen molar-refractivity contribution >= 4 is 11.9 Å². The summed E-state index contributed by atoms with van der Waals surface area (Å²) >= 11 is 0. The van der Waals surface area contributed by atoms with E-state index in [-0.39, 0.29) is 37.5 Å². The first-order chi connectivity index (χ1) is 18.5. The molecule has 39 heavy (non-hydrogen) atoms. The van der Waals surface area contributed by atoms with Gasteiger partial charge in [-0.25, -0.2) is 4.79 Å². The Kier molecular flexibility index (Phi) is 9.03. The molecule has 0 amide bonds. The topological polar surface area (TPSA) is 202 Å². The van der Waals surface area contributed by atoms with Gasteiger partial charge in [-0.15, -0.1) is 0 Å². The third-order valence-corrected chi connectivity index (χ3v) is 8.59. The van der Waals surface area contributed by atoms with E-state index in [9.17, 15) is 40.2 Å². The summed E-state index contributed by atoms with van der Waals surface area (Å²) in [5.74, 6) is -3.75. The van der Waals surface area contributed by atoms with Crippen LogP contribution < -0.4 is 0 Å². The number of esters is 2. The lowest BCUT2D eigenvalue weighted by atomic mass is 9.79. The van der Waals surface area contributed by atoms with Crippen molar-refractivity contribution in [2.75, 3.05) is 19.8 Å². The van der Waals surface area contributed by atoms with Crippen molar-refractivity contribution in [3.8, 4) is 0 Å². The largest absolute Gasteiger partial charge is 0.468 e. The summed E-state index contributed by atoms with van der Waals surface area (Å²) in [6, 6.07) is 0. The number of rotatable bonds is 5. The Morgan fingerprint density at radius 2 is 1.90 bits per heavy atom. The number of allylic oxidation sites excluding steroid dienone is 1. The molecular formula is C26H38O13. The average molecular weight is 559 g/mol. The minimum Gasteiger partial charge on any atom is -0.468 e. The van der Waals surface area contributed by atoms with E-state index >= 15 is 0 Å². The molecule has 0 aromatic rings. The highest BCUT2D eigenvalue weighted by molar-refractivity contribution is 5.91. The zero-order valence-corrected chi connectivity index (χ0v) is 22.1. The van der Waals surface area contributed by atoms with Crippen LogP contribution in [0.15, 0.2) is 23.5 Å². The SMILES string of the molecule is CC=C1C(OC2OC(CO)C(O)C(O)C2O)OC=C2C(=O)OC3CC(C(C)CO)C(O)(COC(=O)CC21)C3C. The predicted molar refractivity (Wildman–Crippen MR) is 129 cm³/mol. The van der Waals surface area contributed by atoms with Crippen LogP contribution in [0, 0.1) is 23.7 Å². The zero-order valence-electron chi connectivity index (χ0n) is 22.1.